The van der Waals surface area contributed by atoms with Crippen molar-refractivity contribution in [1.29, 1.82) is 0 Å². The van der Waals surface area contributed by atoms with E-state index in [4.69, 9.17) is 0 Å². The summed E-state index contributed by atoms with van der Waals surface area (Å²) in [5.41, 5.74) is 3.63. The number of aromatic nitrogens is 2. The van der Waals surface area contributed by atoms with Crippen LogP contribution in [0.4, 0.5) is 18.9 Å². The van der Waals surface area contributed by atoms with Gasteiger partial charge in [-0.3, -0.25) is 9.69 Å². The highest BCUT2D eigenvalue weighted by molar-refractivity contribution is 5.97. The number of piperazine rings is 1. The van der Waals surface area contributed by atoms with E-state index in [-0.39, 0.29) is 30.2 Å². The second-order valence-corrected chi connectivity index (χ2v) is 10.5. The van der Waals surface area contributed by atoms with Crippen LogP contribution in [0.2, 0.25) is 0 Å². The largest absolute Gasteiger partial charge is 0.416 e. The minimum absolute atomic E-state index is 0.0809. The molecule has 0 spiro atoms. The predicted molar refractivity (Wildman–Crippen MR) is 140 cm³/mol. The fourth-order valence-corrected chi connectivity index (χ4v) is 5.42. The van der Waals surface area contributed by atoms with Crippen molar-refractivity contribution in [1.82, 2.24) is 19.8 Å². The fraction of sp³-hybridized carbons (Fsp3) is 0.414. The van der Waals surface area contributed by atoms with Crippen molar-refractivity contribution in [2.24, 2.45) is 0 Å². The van der Waals surface area contributed by atoms with Gasteiger partial charge in [-0.25, -0.2) is 9.97 Å². The summed E-state index contributed by atoms with van der Waals surface area (Å²) in [7, 11) is 2.02. The number of rotatable bonds is 6. The second kappa shape index (κ2) is 10.8. The van der Waals surface area contributed by atoms with Crippen LogP contribution in [0.1, 0.15) is 51.0 Å². The molecule has 0 N–H and O–H groups in total. The first kappa shape index (κ1) is 26.3. The van der Waals surface area contributed by atoms with Crippen molar-refractivity contribution in [3.63, 3.8) is 0 Å². The van der Waals surface area contributed by atoms with Crippen LogP contribution in [0.15, 0.2) is 55.1 Å². The standard InChI is InChI=1S/C29H32F3N5O/c1-20-16-37(25-14-33-19-34-15-25)18-24-13-22(5-6-26(20)24)28(38)12-21-3-4-23(27(11-21)29(30,31)32)17-36-9-7-35(2)8-10-36/h3-6,11,13-15,19-20H,7-10,12,16-18H2,1-2H3. The van der Waals surface area contributed by atoms with E-state index in [1.165, 1.54) is 18.0 Å². The monoisotopic (exact) mass is 523 g/mol. The number of alkyl halides is 3. The number of benzene rings is 2. The summed E-state index contributed by atoms with van der Waals surface area (Å²) < 4.78 is 41.9. The van der Waals surface area contributed by atoms with Crippen LogP contribution in [0.25, 0.3) is 0 Å². The number of ketones is 1. The van der Waals surface area contributed by atoms with Crippen LogP contribution >= 0.6 is 0 Å². The summed E-state index contributed by atoms with van der Waals surface area (Å²) in [5, 5.41) is 0. The van der Waals surface area contributed by atoms with E-state index in [0.29, 0.717) is 17.7 Å². The first-order chi connectivity index (χ1) is 18.2. The van der Waals surface area contributed by atoms with Gasteiger partial charge in [0.1, 0.15) is 6.33 Å². The van der Waals surface area contributed by atoms with Gasteiger partial charge in [-0.2, -0.15) is 13.2 Å². The van der Waals surface area contributed by atoms with Gasteiger partial charge in [0.2, 0.25) is 0 Å². The lowest BCUT2D eigenvalue weighted by Gasteiger charge is -2.34. The number of carbonyl (C=O) groups is 1. The van der Waals surface area contributed by atoms with Gasteiger partial charge < -0.3 is 9.80 Å². The smallest absolute Gasteiger partial charge is 0.364 e. The molecule has 5 rings (SSSR count). The van der Waals surface area contributed by atoms with E-state index in [2.05, 4.69) is 26.7 Å². The molecular weight excluding hydrogens is 491 g/mol. The normalized spacial score (nSPS) is 18.9. The highest BCUT2D eigenvalue weighted by Crippen LogP contribution is 2.34. The number of Topliss-reactive ketones (excluding diaryl/α,β-unsaturated/α-hetero) is 1. The van der Waals surface area contributed by atoms with Gasteiger partial charge in [0.05, 0.1) is 23.6 Å². The number of carbonyl (C=O) groups excluding carboxylic acids is 1. The Kier molecular flexibility index (Phi) is 7.49. The lowest BCUT2D eigenvalue weighted by atomic mass is 9.88. The molecule has 38 heavy (non-hydrogen) atoms. The van der Waals surface area contributed by atoms with Crippen LogP contribution in [-0.4, -0.2) is 65.3 Å². The first-order valence-corrected chi connectivity index (χ1v) is 12.9. The Morgan fingerprint density at radius 1 is 1.03 bits per heavy atom. The molecule has 2 aliphatic rings. The highest BCUT2D eigenvalue weighted by Gasteiger charge is 2.34. The third-order valence-electron chi connectivity index (χ3n) is 7.60. The minimum atomic E-state index is -4.48. The zero-order valence-electron chi connectivity index (χ0n) is 21.7. The molecule has 3 heterocycles. The van der Waals surface area contributed by atoms with Crippen molar-refractivity contribution in [2.45, 2.75) is 38.5 Å². The number of hydrogen-bond donors (Lipinski definition) is 0. The van der Waals surface area contributed by atoms with Gasteiger partial charge in [0, 0.05) is 57.8 Å². The van der Waals surface area contributed by atoms with Crippen LogP contribution in [-0.2, 0) is 25.7 Å². The van der Waals surface area contributed by atoms with Crippen molar-refractivity contribution < 1.29 is 18.0 Å². The third-order valence-corrected chi connectivity index (χ3v) is 7.60. The summed E-state index contributed by atoms with van der Waals surface area (Å²) >= 11 is 0. The molecule has 0 bridgehead atoms. The molecule has 1 fully saturated rings. The van der Waals surface area contributed by atoms with Crippen LogP contribution in [0, 0.1) is 0 Å². The molecule has 6 nitrogen and oxygen atoms in total. The SMILES string of the molecule is CC1CN(c2cncnc2)Cc2cc(C(=O)Cc3ccc(CN4CCN(C)CC4)c(C(F)(F)F)c3)ccc21. The maximum atomic E-state index is 14.0. The molecular formula is C29H32F3N5O. The summed E-state index contributed by atoms with van der Waals surface area (Å²) in [6.07, 6.45) is 0.470. The molecule has 1 saturated heterocycles. The van der Waals surface area contributed by atoms with Crippen LogP contribution in [0.5, 0.6) is 0 Å². The molecule has 2 aliphatic heterocycles. The van der Waals surface area contributed by atoms with E-state index in [1.807, 2.05) is 24.1 Å². The van der Waals surface area contributed by atoms with E-state index in [9.17, 15) is 18.0 Å². The topological polar surface area (TPSA) is 52.6 Å². The van der Waals surface area contributed by atoms with Gasteiger partial charge >= 0.3 is 6.18 Å². The average Bonchev–Trinajstić information content (AvgIpc) is 2.90. The number of anilines is 1. The molecule has 1 unspecified atom stereocenters. The van der Waals surface area contributed by atoms with Gasteiger partial charge in [0.15, 0.2) is 5.78 Å². The molecule has 9 heteroatoms. The Bertz CT molecular complexity index is 1290. The van der Waals surface area contributed by atoms with E-state index in [0.717, 1.165) is 50.0 Å². The van der Waals surface area contributed by atoms with E-state index < -0.39 is 11.7 Å². The third kappa shape index (κ3) is 5.89. The zero-order valence-corrected chi connectivity index (χ0v) is 21.7. The van der Waals surface area contributed by atoms with E-state index >= 15 is 0 Å². The molecule has 0 amide bonds. The predicted octanol–water partition coefficient (Wildman–Crippen LogP) is 4.79. The Morgan fingerprint density at radius 2 is 1.76 bits per heavy atom. The van der Waals surface area contributed by atoms with Crippen LogP contribution < -0.4 is 4.90 Å². The Balaban J connectivity index is 1.33. The molecule has 0 radical (unpaired) electrons. The maximum absolute atomic E-state index is 14.0. The molecule has 1 atom stereocenters. The van der Waals surface area contributed by atoms with Gasteiger partial charge in [-0.15, -0.1) is 0 Å². The molecule has 2 aromatic carbocycles. The molecule has 0 saturated carbocycles. The van der Waals surface area contributed by atoms with Gasteiger partial charge in [0.25, 0.3) is 0 Å². The number of hydrogen-bond acceptors (Lipinski definition) is 6. The minimum Gasteiger partial charge on any atom is -0.364 e. The van der Waals surface area contributed by atoms with Crippen LogP contribution in [0.3, 0.4) is 0 Å². The Labute approximate surface area is 221 Å². The van der Waals surface area contributed by atoms with Gasteiger partial charge in [-0.1, -0.05) is 31.2 Å². The van der Waals surface area contributed by atoms with Gasteiger partial charge in [-0.05, 0) is 47.4 Å². The van der Waals surface area contributed by atoms with E-state index in [1.54, 1.807) is 24.5 Å². The number of likely N-dealkylation sites (N-methyl/N-ethyl adjacent to an activating group) is 1. The zero-order chi connectivity index (χ0) is 26.9. The summed E-state index contributed by atoms with van der Waals surface area (Å²) in [5.74, 6) is 0.0610. The number of halogens is 3. The summed E-state index contributed by atoms with van der Waals surface area (Å²) in [6, 6.07) is 10.0. The fourth-order valence-electron chi connectivity index (χ4n) is 5.42. The van der Waals surface area contributed by atoms with Crippen molar-refractivity contribution in [3.8, 4) is 0 Å². The molecule has 3 aromatic rings. The second-order valence-electron chi connectivity index (χ2n) is 10.5. The lowest BCUT2D eigenvalue weighted by molar-refractivity contribution is -0.138. The molecule has 200 valence electrons. The molecule has 0 aliphatic carbocycles. The average molecular weight is 524 g/mol. The lowest BCUT2D eigenvalue weighted by Crippen LogP contribution is -2.44. The highest BCUT2D eigenvalue weighted by atomic mass is 19.4. The first-order valence-electron chi connectivity index (χ1n) is 12.9. The summed E-state index contributed by atoms with van der Waals surface area (Å²) in [4.78, 5) is 27.8. The Morgan fingerprint density at radius 3 is 2.47 bits per heavy atom. The maximum Gasteiger partial charge on any atom is 0.416 e. The molecule has 1 aromatic heterocycles. The summed E-state index contributed by atoms with van der Waals surface area (Å²) in [6.45, 7) is 6.97. The quantitative estimate of drug-likeness (QED) is 0.433. The van der Waals surface area contributed by atoms with Crippen molar-refractivity contribution in [3.05, 3.63) is 88.5 Å². The Hall–Kier alpha value is -3.30. The number of fused-ring (bicyclic) bond motifs is 1. The van der Waals surface area contributed by atoms with Crippen molar-refractivity contribution in [2.75, 3.05) is 44.7 Å². The van der Waals surface area contributed by atoms with Crippen molar-refractivity contribution >= 4 is 11.5 Å². The number of nitrogens with zero attached hydrogens (tertiary/aromatic N) is 5.